The quantitative estimate of drug-likeness (QED) is 0.134. The first kappa shape index (κ1) is 36.3. The van der Waals surface area contributed by atoms with Crippen LogP contribution in [-0.4, -0.2) is 44.5 Å². The summed E-state index contributed by atoms with van der Waals surface area (Å²) in [7, 11) is 1.00. The number of pyridine rings is 2. The molecule has 0 aliphatic heterocycles. The minimum Gasteiger partial charge on any atom is -2.00 e. The number of hydrogen-bond donors (Lipinski definition) is 3. The van der Waals surface area contributed by atoms with Crippen LogP contribution >= 0.6 is 11.6 Å². The number of halogens is 1. The molecule has 202 valence electrons. The molecular formula is C25H21ClMoN4O7-6. The van der Waals surface area contributed by atoms with Gasteiger partial charge in [-0.25, -0.2) is 0 Å². The molecule has 0 atom stereocenters. The van der Waals surface area contributed by atoms with Crippen LogP contribution in [0.15, 0.2) is 95.7 Å². The average Bonchev–Trinajstić information content (AvgIpc) is 2.89. The van der Waals surface area contributed by atoms with Crippen LogP contribution in [0.2, 0.25) is 5.02 Å². The molecule has 0 amide bonds. The smallest absolute Gasteiger partial charge is 0.127 e. The first-order valence-corrected chi connectivity index (χ1v) is 10.3. The van der Waals surface area contributed by atoms with E-state index in [2.05, 4.69) is 20.2 Å². The number of phenols is 2. The number of nitrogens with zero attached hydrogens (tertiary/aromatic N) is 4. The fraction of sp³-hybridized carbons (Fsp3) is 0.0400. The second-order valence-electron chi connectivity index (χ2n) is 6.51. The first-order chi connectivity index (χ1) is 16.9. The molecule has 4 aromatic rings. The number of hydrogen-bond acceptors (Lipinski definition) is 9. The largest absolute Gasteiger partial charge is 2.00 e. The Morgan fingerprint density at radius 2 is 1.37 bits per heavy atom. The van der Waals surface area contributed by atoms with Gasteiger partial charge in [0.2, 0.25) is 0 Å². The van der Waals surface area contributed by atoms with Gasteiger partial charge >= 0.3 is 0 Å². The number of aromatic hydroxyl groups is 2. The van der Waals surface area contributed by atoms with Gasteiger partial charge in [-0.2, -0.15) is 10.2 Å². The van der Waals surface area contributed by atoms with E-state index < -0.39 is 11.6 Å². The molecule has 13 heteroatoms. The van der Waals surface area contributed by atoms with E-state index in [1.165, 1.54) is 41.5 Å². The van der Waals surface area contributed by atoms with Gasteiger partial charge in [-0.3, -0.25) is 9.97 Å². The van der Waals surface area contributed by atoms with Gasteiger partial charge in [-0.05, 0) is 65.2 Å². The minimum absolute atomic E-state index is 0. The molecule has 0 aliphatic carbocycles. The zero-order valence-electron chi connectivity index (χ0n) is 19.7. The van der Waals surface area contributed by atoms with Crippen LogP contribution in [0.5, 0.6) is 17.2 Å². The Morgan fingerprint density at radius 1 is 0.842 bits per heavy atom. The summed E-state index contributed by atoms with van der Waals surface area (Å²) >= 11 is 5.73. The van der Waals surface area contributed by atoms with Gasteiger partial charge in [0.1, 0.15) is 11.5 Å². The maximum absolute atomic E-state index is 11.7. The molecule has 0 saturated heterocycles. The molecule has 0 fully saturated rings. The molecule has 4 rings (SSSR count). The molecule has 38 heavy (non-hydrogen) atoms. The van der Waals surface area contributed by atoms with Crippen molar-refractivity contribution in [2.75, 3.05) is 7.11 Å². The van der Waals surface area contributed by atoms with E-state index in [0.29, 0.717) is 5.02 Å². The van der Waals surface area contributed by atoms with E-state index in [4.69, 9.17) is 21.8 Å². The van der Waals surface area contributed by atoms with Gasteiger partial charge in [0, 0.05) is 75.5 Å². The van der Waals surface area contributed by atoms with Gasteiger partial charge in [0.15, 0.2) is 0 Å². The molecule has 0 saturated carbocycles. The second-order valence-corrected chi connectivity index (χ2v) is 6.94. The summed E-state index contributed by atoms with van der Waals surface area (Å²) < 4.78 is 0. The predicted octanol–water partition coefficient (Wildman–Crippen LogP) is 2.48. The van der Waals surface area contributed by atoms with Crippen LogP contribution in [-0.2, 0) is 32.0 Å². The van der Waals surface area contributed by atoms with E-state index in [-0.39, 0.29) is 54.6 Å². The van der Waals surface area contributed by atoms with Crippen LogP contribution in [0.1, 0.15) is 11.1 Å². The Balaban J connectivity index is 0. The Hall–Kier alpha value is -3.86. The summed E-state index contributed by atoms with van der Waals surface area (Å²) in [6.07, 6.45) is 8.25. The number of phenolic OH excluding ortho intramolecular Hbond substituents is 2. The second kappa shape index (κ2) is 19.3. The van der Waals surface area contributed by atoms with Gasteiger partial charge < -0.3 is 36.5 Å². The van der Waals surface area contributed by atoms with E-state index in [1.807, 2.05) is 24.3 Å². The van der Waals surface area contributed by atoms with Gasteiger partial charge in [0.05, 0.1) is 6.21 Å². The summed E-state index contributed by atoms with van der Waals surface area (Å²) in [6, 6.07) is 15.5. The molecule has 0 radical (unpaired) electrons. The van der Waals surface area contributed by atoms with Crippen molar-refractivity contribution in [3.63, 3.8) is 0 Å². The standard InChI is InChI=1S/C14H11ClN2O4.C10H8N2.CH4O.Mo.2O/c15-9-1-4-12(19)8(5-9)7-16-17-14(21)11-3-2-10(18)6-13(11)20;1-5-11-6-2-9(1)10-3-7-12-8-4-10;1-2;;;/h1-7,18-20H,(H,17,21);1-8H;2H,1H3;;;/q;;;;2*-2/p-2/b16-7+;;;;;. The number of aromatic nitrogens is 2. The molecule has 0 bridgehead atoms. The zero-order valence-corrected chi connectivity index (χ0v) is 22.5. The topological polar surface area (TPSA) is 214 Å². The molecule has 0 unspecified atom stereocenters. The van der Waals surface area contributed by atoms with Crippen molar-refractivity contribution in [1.82, 2.24) is 9.97 Å². The third kappa shape index (κ3) is 11.5. The molecule has 3 N–H and O–H groups in total. The van der Waals surface area contributed by atoms with Crippen molar-refractivity contribution in [2.45, 2.75) is 0 Å². The van der Waals surface area contributed by atoms with Gasteiger partial charge in [0.25, 0.3) is 0 Å². The zero-order chi connectivity index (χ0) is 25.6. The van der Waals surface area contributed by atoms with Crippen LogP contribution < -0.4 is 10.2 Å². The minimum atomic E-state index is -0.807. The van der Waals surface area contributed by atoms with E-state index >= 15 is 0 Å². The maximum atomic E-state index is 11.7. The average molecular weight is 621 g/mol. The SMILES string of the molecule is CO.[Mo].[O-2].[O-2].[O-]/C(=N\N=C\c1cc(Cl)ccc1[O-])c1ccc(O)cc1O.c1cc(-c2ccncc2)ccn1. The molecule has 11 nitrogen and oxygen atoms in total. The third-order valence-corrected chi connectivity index (χ3v) is 4.46. The predicted molar refractivity (Wildman–Crippen MR) is 132 cm³/mol. The van der Waals surface area contributed by atoms with Gasteiger partial charge in [-0.15, -0.1) is 0 Å². The third-order valence-electron chi connectivity index (χ3n) is 4.22. The van der Waals surface area contributed by atoms with E-state index in [0.717, 1.165) is 19.4 Å². The van der Waals surface area contributed by atoms with Crippen molar-refractivity contribution in [1.29, 1.82) is 0 Å². The van der Waals surface area contributed by atoms with Crippen molar-refractivity contribution in [3.8, 4) is 28.4 Å². The van der Waals surface area contributed by atoms with Crippen LogP contribution in [0.4, 0.5) is 0 Å². The number of aliphatic hydroxyl groups is 1. The van der Waals surface area contributed by atoms with E-state index in [1.54, 1.807) is 24.8 Å². The van der Waals surface area contributed by atoms with Crippen molar-refractivity contribution < 1.29 is 57.6 Å². The Bertz CT molecular complexity index is 1240. The fourth-order valence-electron chi connectivity index (χ4n) is 2.61. The van der Waals surface area contributed by atoms with Crippen molar-refractivity contribution in [3.05, 3.63) is 102 Å². The molecule has 2 heterocycles. The Labute approximate surface area is 238 Å². The van der Waals surface area contributed by atoms with Crippen LogP contribution in [0, 0.1) is 0 Å². The summed E-state index contributed by atoms with van der Waals surface area (Å²) in [6.45, 7) is 0. The van der Waals surface area contributed by atoms with Crippen LogP contribution in [0.25, 0.3) is 11.1 Å². The monoisotopic (exact) mass is 622 g/mol. The van der Waals surface area contributed by atoms with E-state index in [9.17, 15) is 15.3 Å². The van der Waals surface area contributed by atoms with Crippen molar-refractivity contribution in [2.24, 2.45) is 10.2 Å². The number of rotatable bonds is 4. The van der Waals surface area contributed by atoms with Crippen molar-refractivity contribution >= 4 is 23.7 Å². The molecule has 2 aromatic heterocycles. The number of benzene rings is 2. The Morgan fingerprint density at radius 3 is 1.87 bits per heavy atom. The molecular weight excluding hydrogens is 600 g/mol. The fourth-order valence-corrected chi connectivity index (χ4v) is 2.79. The number of aliphatic hydroxyl groups excluding tert-OH is 1. The first-order valence-electron chi connectivity index (χ1n) is 9.96. The molecule has 0 spiro atoms. The summed E-state index contributed by atoms with van der Waals surface area (Å²) in [5, 5.41) is 56.0. The Kier molecular flexibility index (Phi) is 18.4. The van der Waals surface area contributed by atoms with Crippen LogP contribution in [0.3, 0.4) is 0 Å². The molecule has 2 aromatic carbocycles. The summed E-state index contributed by atoms with van der Waals surface area (Å²) in [5.74, 6) is -1.70. The normalized spacial score (nSPS) is 9.82. The summed E-state index contributed by atoms with van der Waals surface area (Å²) in [4.78, 5) is 7.91. The van der Waals surface area contributed by atoms with Gasteiger partial charge in [-0.1, -0.05) is 23.4 Å². The maximum Gasteiger partial charge on any atom is 0.127 e. The molecule has 0 aliphatic rings. The summed E-state index contributed by atoms with van der Waals surface area (Å²) in [5.41, 5.74) is 2.42.